The first-order valence-corrected chi connectivity index (χ1v) is 12.1. The molecule has 2 aliphatic rings. The second-order valence-electron chi connectivity index (χ2n) is 9.69. The molecule has 26 heavy (non-hydrogen) atoms. The molecule has 150 valence electrons. The average Bonchev–Trinajstić information content (AvgIpc) is 2.69. The van der Waals surface area contributed by atoms with Gasteiger partial charge in [-0.05, 0) is 49.9 Å². The van der Waals surface area contributed by atoms with Crippen LogP contribution in [0.5, 0.6) is 0 Å². The van der Waals surface area contributed by atoms with Crippen LogP contribution >= 0.6 is 0 Å². The lowest BCUT2D eigenvalue weighted by Gasteiger charge is -2.42. The molecule has 0 heterocycles. The van der Waals surface area contributed by atoms with Crippen LogP contribution in [0.3, 0.4) is 0 Å². The first kappa shape index (κ1) is 21.8. The van der Waals surface area contributed by atoms with Gasteiger partial charge in [0.1, 0.15) is 0 Å². The molecule has 0 N–H and O–H groups in total. The summed E-state index contributed by atoms with van der Waals surface area (Å²) in [7, 11) is 0. The fraction of sp³-hybridized carbons (Fsp3) is 0.960. The molecule has 0 saturated heterocycles. The quantitative estimate of drug-likeness (QED) is 0.339. The fourth-order valence-corrected chi connectivity index (χ4v) is 5.89. The highest BCUT2D eigenvalue weighted by atomic mass is 14.5. The molecule has 0 aromatic heterocycles. The lowest BCUT2D eigenvalue weighted by molar-refractivity contribution is 0.102. The van der Waals surface area contributed by atoms with E-state index in [4.69, 9.17) is 0 Å². The third-order valence-corrected chi connectivity index (χ3v) is 7.65. The Morgan fingerprint density at radius 2 is 1.50 bits per heavy atom. The average molecular weight is 360 g/mol. The van der Waals surface area contributed by atoms with E-state index < -0.39 is 0 Å². The SMILES string of the molecule is CCCCCCCC1CCC([C@@H]2CCC[C@@](C#N)(CCCCC)C2)CC1. The van der Waals surface area contributed by atoms with Crippen molar-refractivity contribution < 1.29 is 0 Å². The van der Waals surface area contributed by atoms with E-state index in [1.807, 2.05) is 0 Å². The predicted octanol–water partition coefficient (Wildman–Crippen LogP) is 8.43. The van der Waals surface area contributed by atoms with Gasteiger partial charge in [0.05, 0.1) is 11.5 Å². The van der Waals surface area contributed by atoms with Crippen molar-refractivity contribution in [3.8, 4) is 6.07 Å². The minimum absolute atomic E-state index is 0.0359. The minimum Gasteiger partial charge on any atom is -0.198 e. The van der Waals surface area contributed by atoms with Gasteiger partial charge in [-0.25, -0.2) is 0 Å². The molecule has 2 fully saturated rings. The fourth-order valence-electron chi connectivity index (χ4n) is 5.89. The van der Waals surface area contributed by atoms with Crippen LogP contribution < -0.4 is 0 Å². The van der Waals surface area contributed by atoms with Crippen molar-refractivity contribution in [2.75, 3.05) is 0 Å². The predicted molar refractivity (Wildman–Crippen MR) is 113 cm³/mol. The van der Waals surface area contributed by atoms with Crippen LogP contribution in [0.1, 0.15) is 129 Å². The largest absolute Gasteiger partial charge is 0.198 e. The molecule has 2 aliphatic carbocycles. The molecule has 2 saturated carbocycles. The molecule has 0 bridgehead atoms. The monoisotopic (exact) mass is 359 g/mol. The molecule has 0 aromatic rings. The summed E-state index contributed by atoms with van der Waals surface area (Å²) in [5.74, 6) is 2.81. The Kier molecular flexibility index (Phi) is 10.1. The zero-order chi connectivity index (χ0) is 18.7. The third-order valence-electron chi connectivity index (χ3n) is 7.65. The van der Waals surface area contributed by atoms with E-state index in [0.29, 0.717) is 0 Å². The maximum Gasteiger partial charge on any atom is 0.0689 e. The van der Waals surface area contributed by atoms with E-state index in [1.54, 1.807) is 0 Å². The summed E-state index contributed by atoms with van der Waals surface area (Å²) in [6, 6.07) is 2.80. The molecule has 1 nitrogen and oxygen atoms in total. The van der Waals surface area contributed by atoms with Gasteiger partial charge < -0.3 is 0 Å². The van der Waals surface area contributed by atoms with Crippen LogP contribution in [-0.4, -0.2) is 0 Å². The maximum absolute atomic E-state index is 9.91. The van der Waals surface area contributed by atoms with Crippen LogP contribution in [0.2, 0.25) is 0 Å². The van der Waals surface area contributed by atoms with E-state index in [2.05, 4.69) is 19.9 Å². The van der Waals surface area contributed by atoms with Crippen molar-refractivity contribution in [3.05, 3.63) is 0 Å². The standard InChI is InChI=1S/C25H45N/c1-3-5-7-8-9-12-22-14-16-23(17-15-22)24-13-11-19-25(20-24,21-26)18-10-6-4-2/h22-24H,3-20H2,1-2H3/t22?,23?,24-,25+/m1/s1. The Morgan fingerprint density at radius 1 is 0.808 bits per heavy atom. The lowest BCUT2D eigenvalue weighted by Crippen LogP contribution is -2.32. The summed E-state index contributed by atoms with van der Waals surface area (Å²) < 4.78 is 0. The highest BCUT2D eigenvalue weighted by Crippen LogP contribution is 2.48. The number of nitriles is 1. The summed E-state index contributed by atoms with van der Waals surface area (Å²) in [5.41, 5.74) is 0.0359. The number of nitrogens with zero attached hydrogens (tertiary/aromatic N) is 1. The van der Waals surface area contributed by atoms with Crippen LogP contribution in [0.25, 0.3) is 0 Å². The Hall–Kier alpha value is -0.510. The van der Waals surface area contributed by atoms with Crippen molar-refractivity contribution in [2.45, 2.75) is 129 Å². The van der Waals surface area contributed by atoms with Crippen LogP contribution in [0.15, 0.2) is 0 Å². The number of unbranched alkanes of at least 4 members (excludes halogenated alkanes) is 6. The van der Waals surface area contributed by atoms with E-state index in [-0.39, 0.29) is 5.41 Å². The van der Waals surface area contributed by atoms with Gasteiger partial charge in [-0.3, -0.25) is 0 Å². The van der Waals surface area contributed by atoms with Crippen molar-refractivity contribution >= 4 is 0 Å². The highest BCUT2D eigenvalue weighted by molar-refractivity contribution is 5.03. The minimum atomic E-state index is 0.0359. The third kappa shape index (κ3) is 6.90. The molecule has 0 amide bonds. The molecular formula is C25H45N. The maximum atomic E-state index is 9.91. The lowest BCUT2D eigenvalue weighted by atomic mass is 9.62. The second kappa shape index (κ2) is 12.0. The summed E-state index contributed by atoms with van der Waals surface area (Å²) in [5, 5.41) is 9.91. The van der Waals surface area contributed by atoms with Gasteiger partial charge in [0.25, 0.3) is 0 Å². The van der Waals surface area contributed by atoms with Crippen molar-refractivity contribution in [3.63, 3.8) is 0 Å². The van der Waals surface area contributed by atoms with Gasteiger partial charge in [0.15, 0.2) is 0 Å². The van der Waals surface area contributed by atoms with E-state index >= 15 is 0 Å². The molecule has 0 unspecified atom stereocenters. The molecule has 0 radical (unpaired) electrons. The van der Waals surface area contributed by atoms with Gasteiger partial charge >= 0.3 is 0 Å². The van der Waals surface area contributed by atoms with Gasteiger partial charge in [-0.1, -0.05) is 97.3 Å². The Morgan fingerprint density at radius 3 is 2.19 bits per heavy atom. The van der Waals surface area contributed by atoms with Crippen molar-refractivity contribution in [1.82, 2.24) is 0 Å². The van der Waals surface area contributed by atoms with Crippen LogP contribution in [0, 0.1) is 34.5 Å². The summed E-state index contributed by atoms with van der Waals surface area (Å²) in [4.78, 5) is 0. The van der Waals surface area contributed by atoms with Gasteiger partial charge in [0, 0.05) is 0 Å². The molecule has 1 heteroatoms. The van der Waals surface area contributed by atoms with Gasteiger partial charge in [-0.15, -0.1) is 0 Å². The first-order valence-electron chi connectivity index (χ1n) is 12.1. The zero-order valence-corrected chi connectivity index (χ0v) is 17.9. The van der Waals surface area contributed by atoms with Crippen molar-refractivity contribution in [1.29, 1.82) is 5.26 Å². The topological polar surface area (TPSA) is 23.8 Å². The van der Waals surface area contributed by atoms with Crippen LogP contribution in [0.4, 0.5) is 0 Å². The summed E-state index contributed by atoms with van der Waals surface area (Å²) >= 11 is 0. The number of hydrogen-bond acceptors (Lipinski definition) is 1. The zero-order valence-electron chi connectivity index (χ0n) is 17.9. The van der Waals surface area contributed by atoms with Crippen molar-refractivity contribution in [2.24, 2.45) is 23.2 Å². The molecule has 2 rings (SSSR count). The van der Waals surface area contributed by atoms with Gasteiger partial charge in [0.2, 0.25) is 0 Å². The Labute approximate surface area is 164 Å². The Bertz CT molecular complexity index is 401. The van der Waals surface area contributed by atoms with E-state index in [0.717, 1.165) is 17.8 Å². The molecular weight excluding hydrogens is 314 g/mol. The summed E-state index contributed by atoms with van der Waals surface area (Å²) in [6.45, 7) is 4.57. The Balaban J connectivity index is 1.71. The molecule has 2 atom stereocenters. The number of rotatable bonds is 11. The molecule has 0 aliphatic heterocycles. The highest BCUT2D eigenvalue weighted by Gasteiger charge is 2.39. The smallest absolute Gasteiger partial charge is 0.0689 e. The molecule has 0 aromatic carbocycles. The van der Waals surface area contributed by atoms with E-state index in [1.165, 1.54) is 116 Å². The summed E-state index contributed by atoms with van der Waals surface area (Å²) in [6.07, 6.45) is 24.6. The van der Waals surface area contributed by atoms with Crippen LogP contribution in [-0.2, 0) is 0 Å². The first-order chi connectivity index (χ1) is 12.7. The van der Waals surface area contributed by atoms with Gasteiger partial charge in [-0.2, -0.15) is 5.26 Å². The number of hydrogen-bond donors (Lipinski definition) is 0. The van der Waals surface area contributed by atoms with E-state index in [9.17, 15) is 5.26 Å². The molecule has 0 spiro atoms. The normalized spacial score (nSPS) is 32.3. The second-order valence-corrected chi connectivity index (χ2v) is 9.69.